The van der Waals surface area contributed by atoms with Gasteiger partial charge < -0.3 is 0 Å². The smallest absolute Gasteiger partial charge is 0.0210 e. The van der Waals surface area contributed by atoms with Crippen LogP contribution in [0, 0.1) is 13.8 Å². The zero-order valence-electron chi connectivity index (χ0n) is 21.0. The number of rotatable bonds is 3. The maximum absolute atomic E-state index is 2.55. The molecule has 0 bridgehead atoms. The van der Waals surface area contributed by atoms with Crippen molar-refractivity contribution in [1.29, 1.82) is 0 Å². The second-order valence-electron chi connectivity index (χ2n) is 11.9. The average molecular weight is 423 g/mol. The van der Waals surface area contributed by atoms with Crippen LogP contribution in [0.25, 0.3) is 11.1 Å². The van der Waals surface area contributed by atoms with Gasteiger partial charge in [0, 0.05) is 11.3 Å². The second-order valence-corrected chi connectivity index (χ2v) is 11.9. The molecule has 0 heterocycles. The van der Waals surface area contributed by atoms with Crippen molar-refractivity contribution in [3.05, 3.63) is 93.1 Å². The third kappa shape index (κ3) is 3.43. The Morgan fingerprint density at radius 3 is 2.09 bits per heavy atom. The molecule has 0 aliphatic heterocycles. The molecule has 0 nitrogen and oxygen atoms in total. The Hall–Kier alpha value is -2.34. The molecule has 0 radical (unpaired) electrons. The lowest BCUT2D eigenvalue weighted by Crippen LogP contribution is -2.18. The monoisotopic (exact) mass is 422 g/mol. The molecule has 166 valence electrons. The zero-order chi connectivity index (χ0) is 22.8. The lowest BCUT2D eigenvalue weighted by atomic mass is 9.75. The molecular weight excluding hydrogens is 384 g/mol. The Balaban J connectivity index is 1.71. The van der Waals surface area contributed by atoms with Crippen molar-refractivity contribution in [2.45, 2.75) is 90.9 Å². The minimum absolute atomic E-state index is 0.0783. The Morgan fingerprint density at radius 1 is 0.844 bits per heavy atom. The van der Waals surface area contributed by atoms with Gasteiger partial charge in [-0.2, -0.15) is 0 Å². The normalized spacial score (nSPS) is 17.5. The summed E-state index contributed by atoms with van der Waals surface area (Å²) >= 11 is 0. The first-order valence-corrected chi connectivity index (χ1v) is 12.4. The van der Waals surface area contributed by atoms with Crippen molar-refractivity contribution in [3.8, 4) is 11.1 Å². The topological polar surface area (TPSA) is 0 Å². The van der Waals surface area contributed by atoms with Gasteiger partial charge in [0.1, 0.15) is 0 Å². The van der Waals surface area contributed by atoms with E-state index in [9.17, 15) is 0 Å². The fourth-order valence-corrected chi connectivity index (χ4v) is 6.30. The number of allylic oxidation sites excluding steroid dienone is 6. The van der Waals surface area contributed by atoms with Gasteiger partial charge in [0.25, 0.3) is 0 Å². The van der Waals surface area contributed by atoms with E-state index in [0.717, 1.165) is 6.42 Å². The number of fused-ring (bicyclic) bond motifs is 3. The first-order chi connectivity index (χ1) is 15.1. The molecule has 3 aliphatic carbocycles. The van der Waals surface area contributed by atoms with Gasteiger partial charge >= 0.3 is 0 Å². The van der Waals surface area contributed by atoms with Crippen LogP contribution in [0.2, 0.25) is 0 Å². The van der Waals surface area contributed by atoms with Gasteiger partial charge in [0.05, 0.1) is 0 Å². The van der Waals surface area contributed by atoms with Crippen LogP contribution in [0.1, 0.15) is 98.7 Å². The molecule has 0 spiro atoms. The summed E-state index contributed by atoms with van der Waals surface area (Å²) in [6.07, 6.45) is 16.7. The van der Waals surface area contributed by atoms with Crippen LogP contribution in [0.15, 0.2) is 54.2 Å². The van der Waals surface area contributed by atoms with Crippen LogP contribution in [0.5, 0.6) is 0 Å². The molecule has 2 aromatic rings. The van der Waals surface area contributed by atoms with Crippen molar-refractivity contribution < 1.29 is 0 Å². The first kappa shape index (κ1) is 21.5. The number of hydrogen-bond donors (Lipinski definition) is 0. The Kier molecular flexibility index (Phi) is 4.93. The van der Waals surface area contributed by atoms with E-state index < -0.39 is 0 Å². The maximum atomic E-state index is 2.55. The minimum atomic E-state index is 0.0783. The Bertz CT molecular complexity index is 1170. The van der Waals surface area contributed by atoms with E-state index in [-0.39, 0.29) is 10.8 Å². The van der Waals surface area contributed by atoms with Crippen LogP contribution >= 0.6 is 0 Å². The highest BCUT2D eigenvalue weighted by Crippen LogP contribution is 2.48. The molecule has 3 aliphatic rings. The highest BCUT2D eigenvalue weighted by atomic mass is 14.4. The van der Waals surface area contributed by atoms with Gasteiger partial charge in [-0.05, 0) is 101 Å². The number of aryl methyl sites for hydroxylation is 1. The summed E-state index contributed by atoms with van der Waals surface area (Å²) < 4.78 is 0. The summed E-state index contributed by atoms with van der Waals surface area (Å²) in [7, 11) is 0. The number of hydrogen-bond acceptors (Lipinski definition) is 0. The van der Waals surface area contributed by atoms with Gasteiger partial charge in [-0.3, -0.25) is 0 Å². The van der Waals surface area contributed by atoms with Gasteiger partial charge in [0.15, 0.2) is 0 Å². The fraction of sp³-hybridized carbons (Fsp3) is 0.438. The van der Waals surface area contributed by atoms with E-state index in [4.69, 9.17) is 0 Å². The molecule has 5 rings (SSSR count). The highest BCUT2D eigenvalue weighted by molar-refractivity contribution is 5.82. The molecule has 0 unspecified atom stereocenters. The van der Waals surface area contributed by atoms with Gasteiger partial charge in [-0.1, -0.05) is 82.7 Å². The molecular formula is C32H38. The van der Waals surface area contributed by atoms with Crippen LogP contribution < -0.4 is 0 Å². The van der Waals surface area contributed by atoms with Crippen molar-refractivity contribution >= 4 is 0 Å². The SMILES string of the molecule is Cc1cc2c(cc1C(C)(C)C=C1CCC1)-c1cc(C(C)(C)C)c(C)c(C3C=CC=C3)c1C2. The van der Waals surface area contributed by atoms with Gasteiger partial charge in [0.2, 0.25) is 0 Å². The molecule has 0 heteroatoms. The van der Waals surface area contributed by atoms with E-state index in [1.807, 2.05) is 0 Å². The van der Waals surface area contributed by atoms with Crippen molar-refractivity contribution in [2.24, 2.45) is 0 Å². The zero-order valence-corrected chi connectivity index (χ0v) is 21.0. The summed E-state index contributed by atoms with van der Waals surface area (Å²) in [6, 6.07) is 7.55. The highest BCUT2D eigenvalue weighted by Gasteiger charge is 2.32. The predicted molar refractivity (Wildman–Crippen MR) is 139 cm³/mol. The number of benzene rings is 2. The molecule has 0 amide bonds. The Morgan fingerprint density at radius 2 is 1.50 bits per heavy atom. The quantitative estimate of drug-likeness (QED) is 0.370. The van der Waals surface area contributed by atoms with Crippen LogP contribution in [0.3, 0.4) is 0 Å². The lowest BCUT2D eigenvalue weighted by Gasteiger charge is -2.29. The summed E-state index contributed by atoms with van der Waals surface area (Å²) in [5, 5.41) is 0. The molecule has 0 saturated heterocycles. The third-order valence-electron chi connectivity index (χ3n) is 8.00. The largest absolute Gasteiger partial charge is 0.0753 e. The van der Waals surface area contributed by atoms with E-state index >= 15 is 0 Å². The predicted octanol–water partition coefficient (Wildman–Crippen LogP) is 8.77. The summed E-state index contributed by atoms with van der Waals surface area (Å²) in [4.78, 5) is 0. The molecule has 2 aromatic carbocycles. The second kappa shape index (κ2) is 7.34. The summed E-state index contributed by atoms with van der Waals surface area (Å²) in [5.74, 6) is 0.403. The van der Waals surface area contributed by atoms with Crippen molar-refractivity contribution in [1.82, 2.24) is 0 Å². The Labute approximate surface area is 195 Å². The third-order valence-corrected chi connectivity index (χ3v) is 8.00. The van der Waals surface area contributed by atoms with Gasteiger partial charge in [-0.15, -0.1) is 0 Å². The van der Waals surface area contributed by atoms with E-state index in [0.29, 0.717) is 5.92 Å². The van der Waals surface area contributed by atoms with Crippen molar-refractivity contribution in [2.75, 3.05) is 0 Å². The van der Waals surface area contributed by atoms with E-state index in [1.54, 1.807) is 16.7 Å². The average Bonchev–Trinajstić information content (AvgIpc) is 3.30. The molecule has 32 heavy (non-hydrogen) atoms. The van der Waals surface area contributed by atoms with Crippen LogP contribution in [0.4, 0.5) is 0 Å². The van der Waals surface area contributed by atoms with E-state index in [1.165, 1.54) is 58.2 Å². The van der Waals surface area contributed by atoms with Gasteiger partial charge in [-0.25, -0.2) is 0 Å². The van der Waals surface area contributed by atoms with Crippen molar-refractivity contribution in [3.63, 3.8) is 0 Å². The maximum Gasteiger partial charge on any atom is 0.0210 e. The molecule has 1 fully saturated rings. The first-order valence-electron chi connectivity index (χ1n) is 12.4. The standard InChI is InChI=1S/C32H38/c1-20-15-24-16-27-26(25(24)17-28(20)32(6,7)19-22-11-10-12-22)18-29(31(3,4)5)21(2)30(27)23-13-8-9-14-23/h8-9,13-15,17-19,23H,10-12,16H2,1-7H3. The van der Waals surface area contributed by atoms with Crippen LogP contribution in [-0.2, 0) is 17.3 Å². The molecule has 1 saturated carbocycles. The summed E-state index contributed by atoms with van der Waals surface area (Å²) in [6.45, 7) is 16.5. The van der Waals surface area contributed by atoms with Crippen LogP contribution in [-0.4, -0.2) is 0 Å². The lowest BCUT2D eigenvalue weighted by molar-refractivity contribution is 0.584. The molecule has 0 N–H and O–H groups in total. The fourth-order valence-electron chi connectivity index (χ4n) is 6.30. The van der Waals surface area contributed by atoms with E-state index in [2.05, 4.69) is 97.0 Å². The minimum Gasteiger partial charge on any atom is -0.0753 e. The molecule has 0 aromatic heterocycles. The molecule has 0 atom stereocenters. The summed E-state index contributed by atoms with van der Waals surface area (Å²) in [5.41, 5.74) is 15.3.